The summed E-state index contributed by atoms with van der Waals surface area (Å²) in [6, 6.07) is 9.62. The summed E-state index contributed by atoms with van der Waals surface area (Å²) in [5.41, 5.74) is 1.57. The number of aliphatic hydroxyl groups is 2. The molecule has 4 aromatic rings. The van der Waals surface area contributed by atoms with Gasteiger partial charge in [-0.3, -0.25) is 48.1 Å². The first kappa shape index (κ1) is 53.1. The Balaban J connectivity index is 0.809. The van der Waals surface area contributed by atoms with E-state index in [9.17, 15) is 58.2 Å². The van der Waals surface area contributed by atoms with Gasteiger partial charge in [-0.25, -0.2) is 14.2 Å². The number of pyridine rings is 2. The number of fused-ring (bicyclic) bond motifs is 5. The van der Waals surface area contributed by atoms with E-state index in [1.54, 1.807) is 50.2 Å². The van der Waals surface area contributed by atoms with E-state index in [2.05, 4.69) is 31.9 Å². The van der Waals surface area contributed by atoms with Gasteiger partial charge in [0.1, 0.15) is 31.3 Å². The number of hydrogen-bond donors (Lipinski definition) is 8. The topological polar surface area (TPSA) is 323 Å². The van der Waals surface area contributed by atoms with Crippen LogP contribution in [-0.4, -0.2) is 130 Å². The van der Waals surface area contributed by atoms with Crippen molar-refractivity contribution in [2.24, 2.45) is 0 Å². The number of aryl methyl sites for hydroxylation is 1. The van der Waals surface area contributed by atoms with Crippen LogP contribution in [0.5, 0.6) is 0 Å². The van der Waals surface area contributed by atoms with E-state index in [1.807, 2.05) is 0 Å². The van der Waals surface area contributed by atoms with Crippen LogP contribution in [0.25, 0.3) is 22.3 Å². The summed E-state index contributed by atoms with van der Waals surface area (Å²) in [5.74, 6) is -6.70. The zero-order valence-electron chi connectivity index (χ0n) is 40.8. The fourth-order valence-corrected chi connectivity index (χ4v) is 9.53. The van der Waals surface area contributed by atoms with E-state index >= 15 is 4.39 Å². The van der Waals surface area contributed by atoms with Crippen molar-refractivity contribution < 1.29 is 67.2 Å². The van der Waals surface area contributed by atoms with E-state index in [-0.39, 0.29) is 75.4 Å². The molecule has 0 fully saturated rings. The van der Waals surface area contributed by atoms with Crippen molar-refractivity contribution in [3.63, 3.8) is 0 Å². The quantitative estimate of drug-likeness (QED) is 0.0187. The van der Waals surface area contributed by atoms with Crippen LogP contribution in [0.2, 0.25) is 0 Å². The number of rotatable bonds is 21. The molecule has 4 atom stereocenters. The molecule has 0 unspecified atom stereocenters. The van der Waals surface area contributed by atoms with Gasteiger partial charge >= 0.3 is 5.97 Å². The third kappa shape index (κ3) is 11.3. The number of nitrogens with zero attached hydrogens (tertiary/aromatic N) is 3. The summed E-state index contributed by atoms with van der Waals surface area (Å²) in [7, 11) is 0. The lowest BCUT2D eigenvalue weighted by Crippen LogP contribution is -2.52. The molecule has 3 aliphatic heterocycles. The Morgan fingerprint density at radius 3 is 2.32 bits per heavy atom. The molecule has 394 valence electrons. The highest BCUT2D eigenvalue weighted by molar-refractivity contribution is 6.13. The molecule has 0 bridgehead atoms. The number of amides is 8. The van der Waals surface area contributed by atoms with Crippen LogP contribution in [0.4, 0.5) is 4.39 Å². The normalized spacial score (nSPS) is 17.8. The number of nitrogens with one attached hydrogen (secondary N) is 6. The number of aromatic nitrogens is 2. The molecule has 0 spiro atoms. The van der Waals surface area contributed by atoms with E-state index in [0.717, 1.165) is 17.1 Å². The third-order valence-electron chi connectivity index (χ3n) is 13.6. The van der Waals surface area contributed by atoms with Gasteiger partial charge in [0.05, 0.1) is 61.3 Å². The smallest absolute Gasteiger partial charge is 0.343 e. The number of esters is 1. The summed E-state index contributed by atoms with van der Waals surface area (Å²) >= 11 is 0. The second-order valence-corrected chi connectivity index (χ2v) is 18.4. The van der Waals surface area contributed by atoms with Gasteiger partial charge in [0.15, 0.2) is 5.60 Å². The number of carbonyl (C=O) groups excluding carboxylic acids is 9. The van der Waals surface area contributed by atoms with Crippen molar-refractivity contribution in [1.82, 2.24) is 46.4 Å². The first-order chi connectivity index (χ1) is 35.9. The zero-order valence-corrected chi connectivity index (χ0v) is 40.8. The van der Waals surface area contributed by atoms with Crippen LogP contribution in [-0.2, 0) is 84.2 Å². The lowest BCUT2D eigenvalue weighted by atomic mass is 9.81. The molecule has 75 heavy (non-hydrogen) atoms. The molecule has 1 aliphatic carbocycles. The standard InChI is InChI=1S/C51H54FN9O14/c1-3-51(73)31-18-36-46-29(23-61(36)49(71)30(31)24-75-50(51)72)45-33(10-9-28-26(2)32(52)19-34(58-46)44(28)45)59-48(70)37(62)14-16-74-25-56-40(65)21-55-47(69)35(17-27-7-5-4-6-8-27)57-41(66)22-54-39(64)20-53-38(63)13-15-60-42(67)11-12-43(60)68/h4-8,11-12,18-19,33,35,37,62,73H,3,9-10,13-17,20-25H2,1-2H3,(H,53,63)(H,54,64)(H,55,69)(H,56,65)(H,57,66)(H,59,70)/t33-,35-,37+,51-/m0/s1. The van der Waals surface area contributed by atoms with Crippen LogP contribution < -0.4 is 37.5 Å². The van der Waals surface area contributed by atoms with E-state index in [1.165, 1.54) is 10.6 Å². The van der Waals surface area contributed by atoms with Crippen molar-refractivity contribution in [2.75, 3.05) is 39.5 Å². The van der Waals surface area contributed by atoms with Crippen LogP contribution in [0, 0.1) is 12.7 Å². The second-order valence-electron chi connectivity index (χ2n) is 18.4. The van der Waals surface area contributed by atoms with Crippen LogP contribution in [0.3, 0.4) is 0 Å². The van der Waals surface area contributed by atoms with Crippen LogP contribution in [0.15, 0.2) is 59.4 Å². The number of imide groups is 1. The molecular formula is C51H54FN9O14. The molecule has 0 radical (unpaired) electrons. The Labute approximate surface area is 426 Å². The predicted octanol–water partition coefficient (Wildman–Crippen LogP) is -1.14. The number of benzene rings is 2. The monoisotopic (exact) mass is 1040 g/mol. The van der Waals surface area contributed by atoms with Gasteiger partial charge in [0.2, 0.25) is 35.4 Å². The SMILES string of the molecule is CC[C@@]1(O)C(=O)OCc2c1cc1n(c2=O)Cc2c-1nc1cc(F)c(C)c3c1c2[C@@H](NC(=O)[C@H](O)CCOCNC(=O)CNC(=O)[C@H](Cc1ccccc1)NC(=O)CNC(=O)CNC(=O)CCN1C(=O)C=CC1=O)CC3. The minimum atomic E-state index is -2.06. The first-order valence-electron chi connectivity index (χ1n) is 24.2. The molecule has 0 saturated heterocycles. The number of hydrogen-bond acceptors (Lipinski definition) is 15. The van der Waals surface area contributed by atoms with Gasteiger partial charge in [-0.15, -0.1) is 0 Å². The van der Waals surface area contributed by atoms with Gasteiger partial charge in [-0.2, -0.15) is 0 Å². The fourth-order valence-electron chi connectivity index (χ4n) is 9.53. The minimum Gasteiger partial charge on any atom is -0.458 e. The molecule has 23 nitrogen and oxygen atoms in total. The number of carbonyl (C=O) groups is 9. The molecule has 2 aromatic heterocycles. The van der Waals surface area contributed by atoms with Gasteiger partial charge < -0.3 is 56.2 Å². The molecule has 8 rings (SSSR count). The average Bonchev–Trinajstić information content (AvgIpc) is 3.95. The van der Waals surface area contributed by atoms with Gasteiger partial charge in [-0.1, -0.05) is 37.3 Å². The van der Waals surface area contributed by atoms with Gasteiger partial charge in [0.25, 0.3) is 17.4 Å². The molecule has 8 amide bonds. The number of aliphatic hydroxyl groups excluding tert-OH is 1. The Hall–Kier alpha value is -8.22. The van der Waals surface area contributed by atoms with Crippen molar-refractivity contribution >= 4 is 64.1 Å². The third-order valence-corrected chi connectivity index (χ3v) is 13.6. The average molecular weight is 1040 g/mol. The summed E-state index contributed by atoms with van der Waals surface area (Å²) in [6.45, 7) is 0.620. The first-order valence-corrected chi connectivity index (χ1v) is 24.2. The maximum atomic E-state index is 15.4. The summed E-state index contributed by atoms with van der Waals surface area (Å²) in [4.78, 5) is 133. The van der Waals surface area contributed by atoms with Crippen LogP contribution in [0.1, 0.15) is 77.6 Å². The minimum absolute atomic E-state index is 0.0197. The van der Waals surface area contributed by atoms with E-state index in [4.69, 9.17) is 14.5 Å². The lowest BCUT2D eigenvalue weighted by molar-refractivity contribution is -0.172. The highest BCUT2D eigenvalue weighted by atomic mass is 19.1. The molecule has 2 aromatic carbocycles. The number of ether oxygens (including phenoxy) is 2. The Kier molecular flexibility index (Phi) is 15.9. The zero-order chi connectivity index (χ0) is 53.7. The predicted molar refractivity (Wildman–Crippen MR) is 260 cm³/mol. The Morgan fingerprint density at radius 2 is 1.59 bits per heavy atom. The highest BCUT2D eigenvalue weighted by Crippen LogP contribution is 2.46. The maximum Gasteiger partial charge on any atom is 0.343 e. The van der Waals surface area contributed by atoms with Crippen molar-refractivity contribution in [2.45, 2.75) is 89.3 Å². The number of cyclic esters (lactones) is 1. The molecular weight excluding hydrogens is 982 g/mol. The fraction of sp³-hybridized carbons (Fsp3) is 0.392. The molecule has 24 heteroatoms. The highest BCUT2D eigenvalue weighted by Gasteiger charge is 2.46. The number of halogens is 1. The molecule has 4 aliphatic rings. The molecule has 8 N–H and O–H groups in total. The summed E-state index contributed by atoms with van der Waals surface area (Å²) in [6.07, 6.45) is 0.801. The van der Waals surface area contributed by atoms with E-state index in [0.29, 0.717) is 57.4 Å². The molecule has 5 heterocycles. The maximum absolute atomic E-state index is 15.4. The molecule has 0 saturated carbocycles. The summed E-state index contributed by atoms with van der Waals surface area (Å²) < 4.78 is 27.5. The van der Waals surface area contributed by atoms with Crippen LogP contribution >= 0.6 is 0 Å². The van der Waals surface area contributed by atoms with Crippen molar-refractivity contribution in [3.05, 3.63) is 110 Å². The van der Waals surface area contributed by atoms with Crippen molar-refractivity contribution in [3.8, 4) is 11.4 Å². The van der Waals surface area contributed by atoms with Gasteiger partial charge in [-0.05, 0) is 54.5 Å². The Morgan fingerprint density at radius 1 is 0.893 bits per heavy atom. The van der Waals surface area contributed by atoms with Crippen molar-refractivity contribution in [1.29, 1.82) is 0 Å². The van der Waals surface area contributed by atoms with E-state index < -0.39 is 108 Å². The Bertz CT molecular complexity index is 3110. The largest absolute Gasteiger partial charge is 0.458 e. The second kappa shape index (κ2) is 22.5. The van der Waals surface area contributed by atoms with Gasteiger partial charge in [0, 0.05) is 60.5 Å². The lowest BCUT2D eigenvalue weighted by Gasteiger charge is -2.31. The summed E-state index contributed by atoms with van der Waals surface area (Å²) in [5, 5.41) is 37.9.